The van der Waals surface area contributed by atoms with E-state index < -0.39 is 5.97 Å². The average Bonchev–Trinajstić information content (AvgIpc) is 2.09. The molecule has 0 bridgehead atoms. The van der Waals surface area contributed by atoms with Crippen molar-refractivity contribution in [1.29, 1.82) is 0 Å². The Hall–Kier alpha value is -1.23. The SMILES string of the molecule is CCOc1cc(C(=O)O)c(N)cc1Br. The third-order valence-electron chi connectivity index (χ3n) is 1.63. The number of halogens is 1. The van der Waals surface area contributed by atoms with Gasteiger partial charge in [-0.1, -0.05) is 0 Å². The van der Waals surface area contributed by atoms with Gasteiger partial charge in [-0.15, -0.1) is 0 Å². The summed E-state index contributed by atoms with van der Waals surface area (Å²) in [4.78, 5) is 10.7. The highest BCUT2D eigenvalue weighted by molar-refractivity contribution is 9.10. The Balaban J connectivity index is 3.20. The van der Waals surface area contributed by atoms with Gasteiger partial charge < -0.3 is 15.6 Å². The molecule has 0 heterocycles. The van der Waals surface area contributed by atoms with Crippen molar-refractivity contribution in [3.8, 4) is 5.75 Å². The molecular formula is C9H10BrNO3. The second-order valence-corrected chi connectivity index (χ2v) is 3.46. The van der Waals surface area contributed by atoms with Crippen LogP contribution < -0.4 is 10.5 Å². The summed E-state index contributed by atoms with van der Waals surface area (Å²) in [6.45, 7) is 2.30. The van der Waals surface area contributed by atoms with E-state index in [1.54, 1.807) is 0 Å². The zero-order chi connectivity index (χ0) is 10.7. The molecule has 0 aromatic heterocycles. The molecule has 0 aliphatic rings. The first-order chi connectivity index (χ1) is 6.56. The highest BCUT2D eigenvalue weighted by Crippen LogP contribution is 2.30. The number of hydrogen-bond donors (Lipinski definition) is 2. The first-order valence-corrected chi connectivity index (χ1v) is 4.80. The van der Waals surface area contributed by atoms with E-state index in [-0.39, 0.29) is 11.3 Å². The van der Waals surface area contributed by atoms with Crippen LogP contribution in [0.15, 0.2) is 16.6 Å². The Morgan fingerprint density at radius 2 is 2.29 bits per heavy atom. The molecule has 0 fully saturated rings. The number of rotatable bonds is 3. The van der Waals surface area contributed by atoms with Gasteiger partial charge >= 0.3 is 5.97 Å². The Morgan fingerprint density at radius 3 is 2.79 bits per heavy atom. The molecule has 3 N–H and O–H groups in total. The molecule has 76 valence electrons. The number of ether oxygens (including phenoxy) is 1. The monoisotopic (exact) mass is 259 g/mol. The molecule has 1 aromatic carbocycles. The van der Waals surface area contributed by atoms with Gasteiger partial charge in [-0.2, -0.15) is 0 Å². The summed E-state index contributed by atoms with van der Waals surface area (Å²) in [5.74, 6) is -0.574. The van der Waals surface area contributed by atoms with Crippen molar-refractivity contribution < 1.29 is 14.6 Å². The van der Waals surface area contributed by atoms with Crippen LogP contribution in [-0.4, -0.2) is 17.7 Å². The maximum absolute atomic E-state index is 10.7. The molecule has 0 aliphatic carbocycles. The van der Waals surface area contributed by atoms with E-state index in [1.807, 2.05) is 6.92 Å². The number of hydrogen-bond acceptors (Lipinski definition) is 3. The molecule has 0 saturated heterocycles. The number of aromatic carboxylic acids is 1. The van der Waals surface area contributed by atoms with Gasteiger partial charge in [0.05, 0.1) is 16.6 Å². The van der Waals surface area contributed by atoms with Gasteiger partial charge in [0.2, 0.25) is 0 Å². The lowest BCUT2D eigenvalue weighted by molar-refractivity contribution is 0.0697. The van der Waals surface area contributed by atoms with E-state index in [4.69, 9.17) is 15.6 Å². The predicted octanol–water partition coefficient (Wildman–Crippen LogP) is 2.13. The largest absolute Gasteiger partial charge is 0.493 e. The van der Waals surface area contributed by atoms with Gasteiger partial charge in [0.25, 0.3) is 0 Å². The lowest BCUT2D eigenvalue weighted by atomic mass is 10.2. The summed E-state index contributed by atoms with van der Waals surface area (Å²) in [6.07, 6.45) is 0. The van der Waals surface area contributed by atoms with Crippen LogP contribution in [0.1, 0.15) is 17.3 Å². The fourth-order valence-corrected chi connectivity index (χ4v) is 1.50. The van der Waals surface area contributed by atoms with Gasteiger partial charge in [-0.25, -0.2) is 4.79 Å². The first kappa shape index (κ1) is 10.8. The number of nitrogens with two attached hydrogens (primary N) is 1. The molecule has 5 heteroatoms. The number of nitrogen functional groups attached to an aromatic ring is 1. The minimum Gasteiger partial charge on any atom is -0.493 e. The second kappa shape index (κ2) is 4.32. The predicted molar refractivity (Wildman–Crippen MR) is 56.7 cm³/mol. The maximum atomic E-state index is 10.7. The molecule has 0 amide bonds. The fourth-order valence-electron chi connectivity index (χ4n) is 1.02. The number of benzene rings is 1. The highest BCUT2D eigenvalue weighted by atomic mass is 79.9. The Labute approximate surface area is 89.8 Å². The molecule has 1 aromatic rings. The maximum Gasteiger partial charge on any atom is 0.337 e. The smallest absolute Gasteiger partial charge is 0.337 e. The van der Waals surface area contributed by atoms with Crippen LogP contribution in [0.5, 0.6) is 5.75 Å². The van der Waals surface area contributed by atoms with E-state index in [9.17, 15) is 4.79 Å². The summed E-state index contributed by atoms with van der Waals surface area (Å²) < 4.78 is 5.87. The second-order valence-electron chi connectivity index (χ2n) is 2.61. The molecule has 1 rings (SSSR count). The summed E-state index contributed by atoms with van der Waals surface area (Å²) in [5.41, 5.74) is 5.79. The fraction of sp³-hybridized carbons (Fsp3) is 0.222. The quantitative estimate of drug-likeness (QED) is 0.816. The van der Waals surface area contributed by atoms with E-state index >= 15 is 0 Å². The third-order valence-corrected chi connectivity index (χ3v) is 2.25. The summed E-state index contributed by atoms with van der Waals surface area (Å²) >= 11 is 3.23. The molecule has 0 saturated carbocycles. The van der Waals surface area contributed by atoms with Gasteiger partial charge in [0.1, 0.15) is 5.75 Å². The van der Waals surface area contributed by atoms with E-state index in [0.717, 1.165) is 0 Å². The molecule has 0 radical (unpaired) electrons. The van der Waals surface area contributed by atoms with Crippen LogP contribution in [0.4, 0.5) is 5.69 Å². The van der Waals surface area contributed by atoms with Crippen LogP contribution in [0.3, 0.4) is 0 Å². The Morgan fingerprint density at radius 1 is 1.64 bits per heavy atom. The Kier molecular flexibility index (Phi) is 3.35. The summed E-state index contributed by atoms with van der Waals surface area (Å²) in [6, 6.07) is 2.93. The van der Waals surface area contributed by atoms with Crippen LogP contribution in [0, 0.1) is 0 Å². The lowest BCUT2D eigenvalue weighted by Gasteiger charge is -2.08. The van der Waals surface area contributed by atoms with Crippen LogP contribution in [0.25, 0.3) is 0 Å². The normalized spacial score (nSPS) is 9.86. The minimum absolute atomic E-state index is 0.0525. The summed E-state index contributed by atoms with van der Waals surface area (Å²) in [7, 11) is 0. The molecule has 0 aliphatic heterocycles. The van der Waals surface area contributed by atoms with Gasteiger partial charge in [-0.3, -0.25) is 0 Å². The van der Waals surface area contributed by atoms with Crippen LogP contribution in [0.2, 0.25) is 0 Å². The lowest BCUT2D eigenvalue weighted by Crippen LogP contribution is -2.04. The van der Waals surface area contributed by atoms with E-state index in [1.165, 1.54) is 12.1 Å². The third kappa shape index (κ3) is 2.17. The molecule has 14 heavy (non-hydrogen) atoms. The zero-order valence-corrected chi connectivity index (χ0v) is 9.17. The van der Waals surface area contributed by atoms with Crippen molar-refractivity contribution in [2.75, 3.05) is 12.3 Å². The molecule has 4 nitrogen and oxygen atoms in total. The molecule has 0 atom stereocenters. The van der Waals surface area contributed by atoms with E-state index in [0.29, 0.717) is 16.8 Å². The number of carboxylic acid groups (broad SMARTS) is 1. The number of anilines is 1. The van der Waals surface area contributed by atoms with Crippen molar-refractivity contribution in [3.63, 3.8) is 0 Å². The standard InChI is InChI=1S/C9H10BrNO3/c1-2-14-8-3-5(9(12)13)7(11)4-6(8)10/h3-4H,2,11H2,1H3,(H,12,13). The Bertz CT molecular complexity index is 365. The first-order valence-electron chi connectivity index (χ1n) is 4.01. The van der Waals surface area contributed by atoms with Crippen molar-refractivity contribution in [2.45, 2.75) is 6.92 Å². The minimum atomic E-state index is -1.06. The van der Waals surface area contributed by atoms with Crippen molar-refractivity contribution in [2.24, 2.45) is 0 Å². The topological polar surface area (TPSA) is 72.5 Å². The van der Waals surface area contributed by atoms with Crippen LogP contribution in [-0.2, 0) is 0 Å². The van der Waals surface area contributed by atoms with Gasteiger partial charge in [-0.05, 0) is 35.0 Å². The van der Waals surface area contributed by atoms with Gasteiger partial charge in [0.15, 0.2) is 0 Å². The molecule has 0 unspecified atom stereocenters. The van der Waals surface area contributed by atoms with E-state index in [2.05, 4.69) is 15.9 Å². The average molecular weight is 260 g/mol. The van der Waals surface area contributed by atoms with Crippen molar-refractivity contribution >= 4 is 27.6 Å². The van der Waals surface area contributed by atoms with Gasteiger partial charge in [0, 0.05) is 5.69 Å². The number of carbonyl (C=O) groups is 1. The zero-order valence-electron chi connectivity index (χ0n) is 7.58. The van der Waals surface area contributed by atoms with Crippen molar-refractivity contribution in [3.05, 3.63) is 22.2 Å². The van der Waals surface area contributed by atoms with Crippen LogP contribution >= 0.6 is 15.9 Å². The van der Waals surface area contributed by atoms with Crippen molar-refractivity contribution in [1.82, 2.24) is 0 Å². The molecular weight excluding hydrogens is 250 g/mol. The molecule has 0 spiro atoms. The number of carboxylic acids is 1. The highest BCUT2D eigenvalue weighted by Gasteiger charge is 2.12. The summed E-state index contributed by atoms with van der Waals surface area (Å²) in [5, 5.41) is 8.80.